The fraction of sp³-hybridized carbons (Fsp3) is 0.118. The predicted octanol–water partition coefficient (Wildman–Crippen LogP) is 1.23. The number of amides is 1. The lowest BCUT2D eigenvalue weighted by atomic mass is 10.2. The first-order chi connectivity index (χ1) is 12.1. The molecule has 25 heavy (non-hydrogen) atoms. The van der Waals surface area contributed by atoms with E-state index in [9.17, 15) is 14.7 Å². The zero-order valence-electron chi connectivity index (χ0n) is 13.0. The highest BCUT2D eigenvalue weighted by Crippen LogP contribution is 2.15. The average Bonchev–Trinajstić information content (AvgIpc) is 3.29. The van der Waals surface area contributed by atoms with Crippen LogP contribution < -0.4 is 10.9 Å². The molecule has 0 aliphatic carbocycles. The molecule has 3 aromatic heterocycles. The van der Waals surface area contributed by atoms with Crippen molar-refractivity contribution >= 4 is 22.5 Å². The van der Waals surface area contributed by atoms with Crippen LogP contribution in [0.1, 0.15) is 22.2 Å². The van der Waals surface area contributed by atoms with Gasteiger partial charge in [0, 0.05) is 0 Å². The molecule has 8 heteroatoms. The van der Waals surface area contributed by atoms with Crippen LogP contribution in [0.4, 0.5) is 0 Å². The van der Waals surface area contributed by atoms with Crippen LogP contribution in [0.3, 0.4) is 0 Å². The van der Waals surface area contributed by atoms with Gasteiger partial charge in [0.15, 0.2) is 0 Å². The topological polar surface area (TPSA) is 113 Å². The van der Waals surface area contributed by atoms with Gasteiger partial charge in [-0.3, -0.25) is 9.59 Å². The summed E-state index contributed by atoms with van der Waals surface area (Å²) >= 11 is 0. The first kappa shape index (κ1) is 15.2. The molecule has 0 radical (unpaired) electrons. The van der Waals surface area contributed by atoms with E-state index in [1.54, 1.807) is 36.4 Å². The number of aliphatic hydroxyl groups excluding tert-OH is 1. The molecule has 126 valence electrons. The standard InChI is InChI=1S/C17H14N4O4/c22-13(14-6-3-7-25-14)9-18-16(23)11-8-19-21-12-5-2-1-4-10(12)17(24)20-15(11)21/h1-8,13,22H,9H2,(H,18,23)(H,20,24). The number of para-hydroxylation sites is 1. The summed E-state index contributed by atoms with van der Waals surface area (Å²) in [7, 11) is 0. The van der Waals surface area contributed by atoms with Crippen molar-refractivity contribution in [1.29, 1.82) is 0 Å². The fourth-order valence-electron chi connectivity index (χ4n) is 2.71. The number of hydrogen-bond donors (Lipinski definition) is 3. The third-order valence-corrected chi connectivity index (χ3v) is 3.95. The quantitative estimate of drug-likeness (QED) is 0.518. The van der Waals surface area contributed by atoms with Crippen LogP contribution >= 0.6 is 0 Å². The highest BCUT2D eigenvalue weighted by Gasteiger charge is 2.18. The lowest BCUT2D eigenvalue weighted by Crippen LogP contribution is -2.28. The molecule has 3 heterocycles. The van der Waals surface area contributed by atoms with E-state index in [1.807, 2.05) is 0 Å². The van der Waals surface area contributed by atoms with Gasteiger partial charge in [-0.05, 0) is 24.3 Å². The molecule has 4 aromatic rings. The number of carbonyl (C=O) groups excluding carboxylic acids is 1. The first-order valence-corrected chi connectivity index (χ1v) is 7.63. The van der Waals surface area contributed by atoms with E-state index < -0.39 is 12.0 Å². The van der Waals surface area contributed by atoms with Gasteiger partial charge in [-0.2, -0.15) is 5.10 Å². The number of benzene rings is 1. The van der Waals surface area contributed by atoms with Crippen LogP contribution in [0, 0.1) is 0 Å². The molecule has 1 unspecified atom stereocenters. The smallest absolute Gasteiger partial charge is 0.259 e. The van der Waals surface area contributed by atoms with Crippen molar-refractivity contribution in [3.8, 4) is 0 Å². The Morgan fingerprint density at radius 3 is 2.96 bits per heavy atom. The summed E-state index contributed by atoms with van der Waals surface area (Å²) in [4.78, 5) is 27.3. The van der Waals surface area contributed by atoms with Gasteiger partial charge in [-0.25, -0.2) is 4.52 Å². The van der Waals surface area contributed by atoms with E-state index in [1.165, 1.54) is 17.0 Å². The average molecular weight is 338 g/mol. The summed E-state index contributed by atoms with van der Waals surface area (Å²) < 4.78 is 6.60. The summed E-state index contributed by atoms with van der Waals surface area (Å²) in [6.07, 6.45) is 1.87. The summed E-state index contributed by atoms with van der Waals surface area (Å²) in [5.41, 5.74) is 0.826. The van der Waals surface area contributed by atoms with Gasteiger partial charge in [0.25, 0.3) is 11.5 Å². The molecule has 0 saturated carbocycles. The number of nitrogens with zero attached hydrogens (tertiary/aromatic N) is 2. The van der Waals surface area contributed by atoms with Crippen molar-refractivity contribution in [3.63, 3.8) is 0 Å². The van der Waals surface area contributed by atoms with Crippen LogP contribution in [-0.4, -0.2) is 32.2 Å². The van der Waals surface area contributed by atoms with E-state index in [-0.39, 0.29) is 17.7 Å². The van der Waals surface area contributed by atoms with Crippen molar-refractivity contribution in [1.82, 2.24) is 19.9 Å². The third kappa shape index (κ3) is 2.58. The third-order valence-electron chi connectivity index (χ3n) is 3.95. The van der Waals surface area contributed by atoms with Crippen molar-refractivity contribution in [2.75, 3.05) is 6.54 Å². The molecule has 1 atom stereocenters. The minimum atomic E-state index is -0.958. The maximum absolute atomic E-state index is 12.4. The molecule has 1 aromatic carbocycles. The summed E-state index contributed by atoms with van der Waals surface area (Å²) in [5, 5.41) is 17.3. The van der Waals surface area contributed by atoms with Crippen LogP contribution in [-0.2, 0) is 0 Å². The Morgan fingerprint density at radius 1 is 1.32 bits per heavy atom. The largest absolute Gasteiger partial charge is 0.467 e. The Bertz CT molecular complexity index is 1110. The molecule has 0 fully saturated rings. The Labute approximate surface area is 140 Å². The van der Waals surface area contributed by atoms with Crippen molar-refractivity contribution in [2.24, 2.45) is 0 Å². The zero-order valence-corrected chi connectivity index (χ0v) is 13.0. The lowest BCUT2D eigenvalue weighted by molar-refractivity contribution is 0.0902. The number of furan rings is 1. The molecule has 4 rings (SSSR count). The fourth-order valence-corrected chi connectivity index (χ4v) is 2.71. The van der Waals surface area contributed by atoms with Gasteiger partial charge >= 0.3 is 0 Å². The van der Waals surface area contributed by atoms with Crippen LogP contribution in [0.5, 0.6) is 0 Å². The summed E-state index contributed by atoms with van der Waals surface area (Å²) in [6, 6.07) is 10.3. The monoisotopic (exact) mass is 338 g/mol. The zero-order chi connectivity index (χ0) is 17.4. The number of aromatic nitrogens is 3. The van der Waals surface area contributed by atoms with E-state index in [0.717, 1.165) is 0 Å². The SMILES string of the molecule is O=C(NCC(O)c1ccco1)c1cnn2c1[nH]c(=O)c1ccccc12. The Balaban J connectivity index is 1.65. The van der Waals surface area contributed by atoms with Crippen LogP contribution in [0.2, 0.25) is 0 Å². The second-order valence-corrected chi connectivity index (χ2v) is 5.53. The number of rotatable bonds is 4. The van der Waals surface area contributed by atoms with Gasteiger partial charge in [0.05, 0.1) is 29.9 Å². The number of aromatic amines is 1. The molecule has 3 N–H and O–H groups in total. The second kappa shape index (κ2) is 5.91. The molecule has 0 saturated heterocycles. The van der Waals surface area contributed by atoms with Gasteiger partial charge in [0.1, 0.15) is 23.1 Å². The number of fused-ring (bicyclic) bond motifs is 3. The van der Waals surface area contributed by atoms with Gasteiger partial charge in [0.2, 0.25) is 0 Å². The van der Waals surface area contributed by atoms with Crippen molar-refractivity contribution in [3.05, 3.63) is 70.5 Å². The number of H-pyrrole nitrogens is 1. The molecular formula is C17H14N4O4. The van der Waals surface area contributed by atoms with Crippen LogP contribution in [0.25, 0.3) is 16.6 Å². The van der Waals surface area contributed by atoms with E-state index in [0.29, 0.717) is 22.3 Å². The molecule has 8 nitrogen and oxygen atoms in total. The Hall–Kier alpha value is -3.39. The molecule has 0 aliphatic heterocycles. The minimum absolute atomic E-state index is 0.0263. The highest BCUT2D eigenvalue weighted by atomic mass is 16.4. The summed E-state index contributed by atoms with van der Waals surface area (Å²) in [6.45, 7) is -0.0263. The first-order valence-electron chi connectivity index (χ1n) is 7.63. The van der Waals surface area contributed by atoms with Gasteiger partial charge in [-0.1, -0.05) is 12.1 Å². The van der Waals surface area contributed by atoms with E-state index >= 15 is 0 Å². The second-order valence-electron chi connectivity index (χ2n) is 5.53. The molecule has 1 amide bonds. The molecule has 0 bridgehead atoms. The molecule has 0 aliphatic rings. The Morgan fingerprint density at radius 2 is 2.16 bits per heavy atom. The highest BCUT2D eigenvalue weighted by molar-refractivity contribution is 6.00. The lowest BCUT2D eigenvalue weighted by Gasteiger charge is -2.09. The maximum atomic E-state index is 12.4. The van der Waals surface area contributed by atoms with Gasteiger partial charge < -0.3 is 19.8 Å². The predicted molar refractivity (Wildman–Crippen MR) is 89.3 cm³/mol. The number of nitrogens with one attached hydrogen (secondary N) is 2. The van der Waals surface area contributed by atoms with E-state index in [2.05, 4.69) is 15.4 Å². The normalized spacial score (nSPS) is 12.5. The number of hydrogen-bond acceptors (Lipinski definition) is 5. The summed E-state index contributed by atoms with van der Waals surface area (Å²) in [5.74, 6) is -0.0916. The number of carbonyl (C=O) groups is 1. The molecule has 0 spiro atoms. The number of aliphatic hydroxyl groups is 1. The van der Waals surface area contributed by atoms with Gasteiger partial charge in [-0.15, -0.1) is 0 Å². The Kier molecular flexibility index (Phi) is 3.58. The minimum Gasteiger partial charge on any atom is -0.467 e. The van der Waals surface area contributed by atoms with Crippen molar-refractivity contribution in [2.45, 2.75) is 6.10 Å². The molecular weight excluding hydrogens is 324 g/mol. The maximum Gasteiger partial charge on any atom is 0.259 e. The van der Waals surface area contributed by atoms with Crippen LogP contribution in [0.15, 0.2) is 58.1 Å². The van der Waals surface area contributed by atoms with Crippen molar-refractivity contribution < 1.29 is 14.3 Å². The van der Waals surface area contributed by atoms with E-state index in [4.69, 9.17) is 4.42 Å².